The number of hydrogen-bond donors (Lipinski definition) is 2. The maximum Gasteiger partial charge on any atom is 0.323 e. The summed E-state index contributed by atoms with van der Waals surface area (Å²) in [6, 6.07) is 10.1. The standard InChI is InChI=1S/C13H10ClN5O/c14-9-2-1-3-10(6-9)16-13(20)17-11-4-5-12-18-15-8-19(12)7-11/h1-8H,(H2,16,17,20). The number of fused-ring (bicyclic) bond motifs is 1. The van der Waals surface area contributed by atoms with E-state index in [1.807, 2.05) is 0 Å². The molecule has 20 heavy (non-hydrogen) atoms. The van der Waals surface area contributed by atoms with Crippen molar-refractivity contribution >= 4 is 34.7 Å². The van der Waals surface area contributed by atoms with Crippen molar-refractivity contribution in [2.45, 2.75) is 0 Å². The van der Waals surface area contributed by atoms with Crippen molar-refractivity contribution in [3.8, 4) is 0 Å². The quantitative estimate of drug-likeness (QED) is 0.761. The molecule has 3 rings (SSSR count). The van der Waals surface area contributed by atoms with Crippen LogP contribution < -0.4 is 10.6 Å². The van der Waals surface area contributed by atoms with Gasteiger partial charge in [-0.1, -0.05) is 17.7 Å². The molecule has 0 unspecified atom stereocenters. The van der Waals surface area contributed by atoms with Gasteiger partial charge < -0.3 is 10.6 Å². The number of anilines is 2. The third kappa shape index (κ3) is 2.70. The second kappa shape index (κ2) is 5.18. The van der Waals surface area contributed by atoms with Crippen LogP contribution in [0.15, 0.2) is 48.9 Å². The molecular formula is C13H10ClN5O. The fourth-order valence-corrected chi connectivity index (χ4v) is 1.95. The number of urea groups is 1. The van der Waals surface area contributed by atoms with E-state index in [2.05, 4.69) is 20.8 Å². The van der Waals surface area contributed by atoms with Gasteiger partial charge in [-0.3, -0.25) is 4.40 Å². The van der Waals surface area contributed by atoms with Gasteiger partial charge in [0.2, 0.25) is 0 Å². The van der Waals surface area contributed by atoms with Gasteiger partial charge in [0.15, 0.2) is 5.65 Å². The minimum atomic E-state index is -0.348. The van der Waals surface area contributed by atoms with Crippen LogP contribution >= 0.6 is 11.6 Å². The van der Waals surface area contributed by atoms with E-state index in [0.29, 0.717) is 22.0 Å². The predicted molar refractivity (Wildman–Crippen MR) is 77.1 cm³/mol. The number of nitrogens with zero attached hydrogens (tertiary/aromatic N) is 3. The van der Waals surface area contributed by atoms with Gasteiger partial charge in [-0.15, -0.1) is 10.2 Å². The van der Waals surface area contributed by atoms with Gasteiger partial charge in [-0.2, -0.15) is 0 Å². The minimum Gasteiger partial charge on any atom is -0.308 e. The highest BCUT2D eigenvalue weighted by Gasteiger charge is 2.04. The Labute approximate surface area is 119 Å². The number of carbonyl (C=O) groups excluding carboxylic acids is 1. The van der Waals surface area contributed by atoms with Crippen LogP contribution in [0.4, 0.5) is 16.2 Å². The topological polar surface area (TPSA) is 71.3 Å². The van der Waals surface area contributed by atoms with Crippen molar-refractivity contribution in [2.24, 2.45) is 0 Å². The highest BCUT2D eigenvalue weighted by atomic mass is 35.5. The van der Waals surface area contributed by atoms with E-state index in [1.165, 1.54) is 0 Å². The molecule has 2 N–H and O–H groups in total. The van der Waals surface area contributed by atoms with E-state index in [9.17, 15) is 4.79 Å². The minimum absolute atomic E-state index is 0.348. The van der Waals surface area contributed by atoms with Crippen molar-refractivity contribution in [3.63, 3.8) is 0 Å². The second-order valence-corrected chi connectivity index (χ2v) is 4.54. The van der Waals surface area contributed by atoms with Crippen molar-refractivity contribution in [1.29, 1.82) is 0 Å². The summed E-state index contributed by atoms with van der Waals surface area (Å²) in [6.45, 7) is 0. The first-order chi connectivity index (χ1) is 9.70. The van der Waals surface area contributed by atoms with E-state index in [-0.39, 0.29) is 6.03 Å². The van der Waals surface area contributed by atoms with Crippen LogP contribution in [0.25, 0.3) is 5.65 Å². The first-order valence-corrected chi connectivity index (χ1v) is 6.21. The highest BCUT2D eigenvalue weighted by molar-refractivity contribution is 6.30. The van der Waals surface area contributed by atoms with Gasteiger partial charge >= 0.3 is 6.03 Å². The Morgan fingerprint density at radius 1 is 1.15 bits per heavy atom. The van der Waals surface area contributed by atoms with Crippen LogP contribution in [0.2, 0.25) is 5.02 Å². The first-order valence-electron chi connectivity index (χ1n) is 5.84. The summed E-state index contributed by atoms with van der Waals surface area (Å²) in [5.41, 5.74) is 1.98. The van der Waals surface area contributed by atoms with Crippen molar-refractivity contribution in [2.75, 3.05) is 10.6 Å². The van der Waals surface area contributed by atoms with E-state index < -0.39 is 0 Å². The molecule has 2 heterocycles. The maximum atomic E-state index is 11.9. The number of amides is 2. The average Bonchev–Trinajstić information content (AvgIpc) is 2.86. The number of benzene rings is 1. The lowest BCUT2D eigenvalue weighted by molar-refractivity contribution is 0.262. The lowest BCUT2D eigenvalue weighted by Crippen LogP contribution is -2.19. The highest BCUT2D eigenvalue weighted by Crippen LogP contribution is 2.15. The Balaban J connectivity index is 1.72. The second-order valence-electron chi connectivity index (χ2n) is 4.10. The van der Waals surface area contributed by atoms with E-state index >= 15 is 0 Å². The Bertz CT molecular complexity index is 770. The molecule has 0 saturated carbocycles. The Morgan fingerprint density at radius 3 is 2.85 bits per heavy atom. The molecular weight excluding hydrogens is 278 g/mol. The molecule has 0 fully saturated rings. The molecule has 0 spiro atoms. The van der Waals surface area contributed by atoms with Crippen molar-refractivity contribution < 1.29 is 4.79 Å². The van der Waals surface area contributed by atoms with Gasteiger partial charge in [0.25, 0.3) is 0 Å². The number of halogens is 1. The molecule has 0 atom stereocenters. The molecule has 6 nitrogen and oxygen atoms in total. The number of hydrogen-bond acceptors (Lipinski definition) is 3. The number of carbonyl (C=O) groups is 1. The summed E-state index contributed by atoms with van der Waals surface area (Å²) in [4.78, 5) is 11.9. The lowest BCUT2D eigenvalue weighted by atomic mass is 10.3. The Hall–Kier alpha value is -2.60. The summed E-state index contributed by atoms with van der Waals surface area (Å²) in [6.07, 6.45) is 3.29. The summed E-state index contributed by atoms with van der Waals surface area (Å²) < 4.78 is 1.72. The SMILES string of the molecule is O=C(Nc1cccc(Cl)c1)Nc1ccc2nncn2c1. The largest absolute Gasteiger partial charge is 0.323 e. The van der Waals surface area contributed by atoms with Crippen LogP contribution in [0.3, 0.4) is 0 Å². The monoisotopic (exact) mass is 287 g/mol. The van der Waals surface area contributed by atoms with Crippen LogP contribution in [0, 0.1) is 0 Å². The van der Waals surface area contributed by atoms with Gasteiger partial charge in [0.05, 0.1) is 5.69 Å². The number of rotatable bonds is 2. The summed E-state index contributed by atoms with van der Waals surface area (Å²) >= 11 is 5.85. The predicted octanol–water partition coefficient (Wildman–Crippen LogP) is 3.03. The van der Waals surface area contributed by atoms with E-state index in [4.69, 9.17) is 11.6 Å². The zero-order valence-corrected chi connectivity index (χ0v) is 11.0. The van der Waals surface area contributed by atoms with Crippen LogP contribution in [0.5, 0.6) is 0 Å². The molecule has 100 valence electrons. The zero-order chi connectivity index (χ0) is 13.9. The fraction of sp³-hybridized carbons (Fsp3) is 0. The summed E-state index contributed by atoms with van der Waals surface area (Å²) in [7, 11) is 0. The fourth-order valence-electron chi connectivity index (χ4n) is 1.76. The number of pyridine rings is 1. The molecule has 0 aliphatic carbocycles. The van der Waals surface area contributed by atoms with Crippen molar-refractivity contribution in [1.82, 2.24) is 14.6 Å². The molecule has 0 radical (unpaired) electrons. The molecule has 0 saturated heterocycles. The molecule has 7 heteroatoms. The Morgan fingerprint density at radius 2 is 2.00 bits per heavy atom. The third-order valence-electron chi connectivity index (χ3n) is 2.63. The van der Waals surface area contributed by atoms with Crippen LogP contribution in [-0.4, -0.2) is 20.6 Å². The summed E-state index contributed by atoms with van der Waals surface area (Å²) in [5, 5.41) is 13.6. The smallest absolute Gasteiger partial charge is 0.308 e. The number of nitrogens with one attached hydrogen (secondary N) is 2. The molecule has 1 aromatic carbocycles. The lowest BCUT2D eigenvalue weighted by Gasteiger charge is -2.08. The molecule has 0 aliphatic heterocycles. The first kappa shape index (κ1) is 12.4. The molecule has 2 aromatic heterocycles. The van der Waals surface area contributed by atoms with E-state index in [1.54, 1.807) is 53.3 Å². The maximum absolute atomic E-state index is 11.9. The molecule has 2 amide bonds. The van der Waals surface area contributed by atoms with Gasteiger partial charge in [0, 0.05) is 16.9 Å². The zero-order valence-electron chi connectivity index (χ0n) is 10.2. The third-order valence-corrected chi connectivity index (χ3v) is 2.87. The van der Waals surface area contributed by atoms with Gasteiger partial charge in [-0.05, 0) is 30.3 Å². The number of aromatic nitrogens is 3. The average molecular weight is 288 g/mol. The molecule has 0 bridgehead atoms. The van der Waals surface area contributed by atoms with Crippen LogP contribution in [0.1, 0.15) is 0 Å². The van der Waals surface area contributed by atoms with Gasteiger partial charge in [0.1, 0.15) is 6.33 Å². The Kier molecular flexibility index (Phi) is 3.22. The van der Waals surface area contributed by atoms with E-state index in [0.717, 1.165) is 0 Å². The van der Waals surface area contributed by atoms with Crippen molar-refractivity contribution in [3.05, 3.63) is 53.9 Å². The molecule has 0 aliphatic rings. The van der Waals surface area contributed by atoms with Crippen LogP contribution in [-0.2, 0) is 0 Å². The normalized spacial score (nSPS) is 10.4. The molecule has 3 aromatic rings. The summed E-state index contributed by atoms with van der Waals surface area (Å²) in [5.74, 6) is 0. The van der Waals surface area contributed by atoms with Gasteiger partial charge in [-0.25, -0.2) is 4.79 Å².